The summed E-state index contributed by atoms with van der Waals surface area (Å²) < 4.78 is 11.4. The molecule has 0 atom stereocenters. The Morgan fingerprint density at radius 3 is 2.44 bits per heavy atom. The molecule has 2 aliphatic rings. The molecule has 0 amide bonds. The summed E-state index contributed by atoms with van der Waals surface area (Å²) >= 11 is 0. The van der Waals surface area contributed by atoms with Crippen LogP contribution in [0.5, 0.6) is 0 Å². The predicted molar refractivity (Wildman–Crippen MR) is 66.0 cm³/mol. The van der Waals surface area contributed by atoms with Gasteiger partial charge in [0.15, 0.2) is 5.79 Å². The lowest BCUT2D eigenvalue weighted by atomic mass is 9.78. The second-order valence-electron chi connectivity index (χ2n) is 5.33. The third-order valence-corrected chi connectivity index (χ3v) is 3.99. The van der Waals surface area contributed by atoms with Crippen LogP contribution in [0.25, 0.3) is 0 Å². The van der Waals surface area contributed by atoms with E-state index in [2.05, 4.69) is 4.98 Å². The molecule has 4 heteroatoms. The topological polar surface area (TPSA) is 51.6 Å². The maximum absolute atomic E-state index is 10.6. The largest absolute Gasteiger partial charge is 0.389 e. The van der Waals surface area contributed by atoms with E-state index >= 15 is 0 Å². The van der Waals surface area contributed by atoms with Crippen molar-refractivity contribution in [1.82, 2.24) is 4.98 Å². The Bertz CT molecular complexity index is 391. The summed E-state index contributed by atoms with van der Waals surface area (Å²) in [6.07, 6.45) is 5.36. The smallest absolute Gasteiger partial charge is 0.168 e. The van der Waals surface area contributed by atoms with Crippen molar-refractivity contribution in [2.45, 2.75) is 43.5 Å². The Morgan fingerprint density at radius 1 is 1.11 bits per heavy atom. The van der Waals surface area contributed by atoms with Crippen LogP contribution in [0.2, 0.25) is 0 Å². The molecule has 1 saturated carbocycles. The summed E-state index contributed by atoms with van der Waals surface area (Å²) in [5.41, 5.74) is 0.291. The zero-order chi connectivity index (χ0) is 12.5. The molecule has 1 aliphatic heterocycles. The van der Waals surface area contributed by atoms with Gasteiger partial charge < -0.3 is 14.6 Å². The molecule has 1 saturated heterocycles. The highest BCUT2D eigenvalue weighted by Crippen LogP contribution is 2.41. The SMILES string of the molecule is OC1(Cc2ccccn2)CCC2(CC1)OCCO2. The third-order valence-electron chi connectivity index (χ3n) is 3.99. The molecule has 2 fully saturated rings. The fourth-order valence-electron chi connectivity index (χ4n) is 2.90. The third kappa shape index (κ3) is 2.41. The molecule has 1 N–H and O–H groups in total. The van der Waals surface area contributed by atoms with Crippen molar-refractivity contribution in [3.8, 4) is 0 Å². The van der Waals surface area contributed by atoms with E-state index in [9.17, 15) is 5.11 Å². The van der Waals surface area contributed by atoms with Gasteiger partial charge in [-0.2, -0.15) is 0 Å². The van der Waals surface area contributed by atoms with Crippen molar-refractivity contribution in [1.29, 1.82) is 0 Å². The molecule has 1 aliphatic carbocycles. The van der Waals surface area contributed by atoms with E-state index in [4.69, 9.17) is 9.47 Å². The van der Waals surface area contributed by atoms with Crippen LogP contribution in [0.1, 0.15) is 31.4 Å². The van der Waals surface area contributed by atoms with E-state index in [1.54, 1.807) is 6.20 Å². The lowest BCUT2D eigenvalue weighted by Crippen LogP contribution is -2.44. The van der Waals surface area contributed by atoms with Gasteiger partial charge in [-0.05, 0) is 25.0 Å². The maximum atomic E-state index is 10.6. The molecule has 3 rings (SSSR count). The highest BCUT2D eigenvalue weighted by Gasteiger charge is 2.45. The first kappa shape index (κ1) is 12.1. The Kier molecular flexibility index (Phi) is 3.09. The molecule has 0 bridgehead atoms. The molecule has 1 aromatic rings. The standard InChI is InChI=1S/C14H19NO3/c16-13(11-12-3-1-2-8-15-12)4-6-14(7-5-13)17-9-10-18-14/h1-3,8,16H,4-7,9-11H2. The van der Waals surface area contributed by atoms with E-state index in [1.807, 2.05) is 18.2 Å². The first-order valence-electron chi connectivity index (χ1n) is 6.60. The van der Waals surface area contributed by atoms with Gasteiger partial charge in [0, 0.05) is 31.2 Å². The summed E-state index contributed by atoms with van der Waals surface area (Å²) in [5, 5.41) is 10.6. The maximum Gasteiger partial charge on any atom is 0.168 e. The number of pyridine rings is 1. The van der Waals surface area contributed by atoms with E-state index in [-0.39, 0.29) is 0 Å². The van der Waals surface area contributed by atoms with Gasteiger partial charge in [-0.3, -0.25) is 4.98 Å². The molecule has 2 heterocycles. The van der Waals surface area contributed by atoms with Crippen molar-refractivity contribution in [3.05, 3.63) is 30.1 Å². The van der Waals surface area contributed by atoms with Crippen LogP contribution in [-0.2, 0) is 15.9 Å². The first-order valence-corrected chi connectivity index (χ1v) is 6.60. The van der Waals surface area contributed by atoms with E-state index in [1.165, 1.54) is 0 Å². The Hall–Kier alpha value is -0.970. The van der Waals surface area contributed by atoms with Crippen LogP contribution >= 0.6 is 0 Å². The molecule has 98 valence electrons. The Morgan fingerprint density at radius 2 is 1.83 bits per heavy atom. The van der Waals surface area contributed by atoms with Gasteiger partial charge in [-0.1, -0.05) is 6.07 Å². The monoisotopic (exact) mass is 249 g/mol. The average Bonchev–Trinajstić information content (AvgIpc) is 2.84. The van der Waals surface area contributed by atoms with Crippen molar-refractivity contribution in [2.24, 2.45) is 0 Å². The normalized spacial score (nSPS) is 25.4. The van der Waals surface area contributed by atoms with Crippen LogP contribution in [0, 0.1) is 0 Å². The average molecular weight is 249 g/mol. The predicted octanol–water partition coefficient (Wildman–Crippen LogP) is 1.67. The number of hydrogen-bond acceptors (Lipinski definition) is 4. The first-order chi connectivity index (χ1) is 8.70. The highest BCUT2D eigenvalue weighted by atomic mass is 16.7. The van der Waals surface area contributed by atoms with Crippen LogP contribution < -0.4 is 0 Å². The molecular weight excluding hydrogens is 230 g/mol. The summed E-state index contributed by atoms with van der Waals surface area (Å²) in [7, 11) is 0. The Labute approximate surface area is 107 Å². The minimum Gasteiger partial charge on any atom is -0.389 e. The molecular formula is C14H19NO3. The second kappa shape index (κ2) is 4.61. The summed E-state index contributed by atoms with van der Waals surface area (Å²) in [5.74, 6) is -0.406. The number of rotatable bonds is 2. The minimum absolute atomic E-state index is 0.406. The zero-order valence-electron chi connectivity index (χ0n) is 10.5. The van der Waals surface area contributed by atoms with Crippen molar-refractivity contribution >= 4 is 0 Å². The van der Waals surface area contributed by atoms with Crippen LogP contribution in [0.4, 0.5) is 0 Å². The Balaban J connectivity index is 1.63. The van der Waals surface area contributed by atoms with Crippen molar-refractivity contribution < 1.29 is 14.6 Å². The number of aliphatic hydroxyl groups is 1. The van der Waals surface area contributed by atoms with Gasteiger partial charge >= 0.3 is 0 Å². The lowest BCUT2D eigenvalue weighted by molar-refractivity contribution is -0.202. The van der Waals surface area contributed by atoms with Gasteiger partial charge in [-0.25, -0.2) is 0 Å². The summed E-state index contributed by atoms with van der Waals surface area (Å²) in [4.78, 5) is 4.28. The quantitative estimate of drug-likeness (QED) is 0.866. The van der Waals surface area contributed by atoms with Crippen LogP contribution in [-0.4, -0.2) is 34.7 Å². The number of hydrogen-bond donors (Lipinski definition) is 1. The number of nitrogens with zero attached hydrogens (tertiary/aromatic N) is 1. The zero-order valence-corrected chi connectivity index (χ0v) is 10.5. The van der Waals surface area contributed by atoms with Gasteiger partial charge in [-0.15, -0.1) is 0 Å². The van der Waals surface area contributed by atoms with Gasteiger partial charge in [0.25, 0.3) is 0 Å². The van der Waals surface area contributed by atoms with Gasteiger partial charge in [0.1, 0.15) is 0 Å². The molecule has 0 unspecified atom stereocenters. The van der Waals surface area contributed by atoms with Gasteiger partial charge in [0.05, 0.1) is 18.8 Å². The van der Waals surface area contributed by atoms with Crippen LogP contribution in [0.3, 0.4) is 0 Å². The molecule has 1 aromatic heterocycles. The molecule has 4 nitrogen and oxygen atoms in total. The van der Waals surface area contributed by atoms with Crippen molar-refractivity contribution in [2.75, 3.05) is 13.2 Å². The highest BCUT2D eigenvalue weighted by molar-refractivity contribution is 5.08. The van der Waals surface area contributed by atoms with E-state index in [0.29, 0.717) is 32.5 Å². The van der Waals surface area contributed by atoms with Crippen LogP contribution in [0.15, 0.2) is 24.4 Å². The number of aromatic nitrogens is 1. The molecule has 18 heavy (non-hydrogen) atoms. The molecule has 1 spiro atoms. The summed E-state index contributed by atoms with van der Waals surface area (Å²) in [6, 6.07) is 5.81. The minimum atomic E-state index is -0.658. The van der Waals surface area contributed by atoms with E-state index in [0.717, 1.165) is 18.5 Å². The fraction of sp³-hybridized carbons (Fsp3) is 0.643. The van der Waals surface area contributed by atoms with E-state index < -0.39 is 11.4 Å². The summed E-state index contributed by atoms with van der Waals surface area (Å²) in [6.45, 7) is 1.36. The lowest BCUT2D eigenvalue weighted by Gasteiger charge is -2.40. The van der Waals surface area contributed by atoms with Crippen molar-refractivity contribution in [3.63, 3.8) is 0 Å². The second-order valence-corrected chi connectivity index (χ2v) is 5.33. The number of ether oxygens (including phenoxy) is 2. The molecule has 0 radical (unpaired) electrons. The fourth-order valence-corrected chi connectivity index (χ4v) is 2.90. The molecule has 0 aromatic carbocycles. The van der Waals surface area contributed by atoms with Gasteiger partial charge in [0.2, 0.25) is 0 Å².